The number of benzene rings is 1. The molecule has 0 spiro atoms. The second kappa shape index (κ2) is 7.53. The van der Waals surface area contributed by atoms with E-state index < -0.39 is 27.8 Å². The van der Waals surface area contributed by atoms with E-state index in [1.54, 1.807) is 25.1 Å². The first-order valence-electron chi connectivity index (χ1n) is 7.71. The average molecular weight is 374 g/mol. The topological polar surface area (TPSA) is 80.8 Å². The van der Waals surface area contributed by atoms with Crippen molar-refractivity contribution >= 4 is 33.3 Å². The summed E-state index contributed by atoms with van der Waals surface area (Å²) in [6.45, 7) is 3.60. The van der Waals surface area contributed by atoms with E-state index >= 15 is 0 Å². The molecule has 0 N–H and O–H groups in total. The molecule has 0 unspecified atom stereocenters. The standard InChI is InChI=1S/C16H20ClNO5S/c1-3-18(12-8-9-24(21,22)10-12)15(19)11(2)23-16(20)13-6-4-5-7-14(13)17/h4-7,11-12H,3,8-10H2,1-2H3/t11-,12+/m1/s1. The van der Waals surface area contributed by atoms with Crippen molar-refractivity contribution < 1.29 is 22.7 Å². The number of likely N-dealkylation sites (N-methyl/N-ethyl adjacent to an activating group) is 1. The summed E-state index contributed by atoms with van der Waals surface area (Å²) in [6, 6.07) is 6.05. The summed E-state index contributed by atoms with van der Waals surface area (Å²) >= 11 is 5.94. The molecule has 132 valence electrons. The molecule has 1 aliphatic rings. The number of amides is 1. The summed E-state index contributed by atoms with van der Waals surface area (Å²) in [6.07, 6.45) is -0.607. The van der Waals surface area contributed by atoms with E-state index in [0.29, 0.717) is 13.0 Å². The normalized spacial score (nSPS) is 20.4. The summed E-state index contributed by atoms with van der Waals surface area (Å²) in [5.74, 6) is -1.05. The molecule has 0 aromatic heterocycles. The molecular formula is C16H20ClNO5S. The number of esters is 1. The third-order valence-electron chi connectivity index (χ3n) is 4.00. The molecule has 1 heterocycles. The van der Waals surface area contributed by atoms with E-state index in [1.807, 2.05) is 0 Å². The molecule has 0 bridgehead atoms. The minimum atomic E-state index is -3.10. The predicted octanol–water partition coefficient (Wildman–Crippen LogP) is 1.92. The number of carbonyl (C=O) groups is 2. The largest absolute Gasteiger partial charge is 0.449 e. The Bertz CT molecular complexity index is 734. The molecule has 1 fully saturated rings. The molecule has 2 rings (SSSR count). The van der Waals surface area contributed by atoms with Crippen molar-refractivity contribution in [1.82, 2.24) is 4.90 Å². The third kappa shape index (κ3) is 4.27. The van der Waals surface area contributed by atoms with Gasteiger partial charge in [-0.1, -0.05) is 23.7 Å². The van der Waals surface area contributed by atoms with Gasteiger partial charge in [0.1, 0.15) is 0 Å². The number of nitrogens with zero attached hydrogens (tertiary/aromatic N) is 1. The van der Waals surface area contributed by atoms with Crippen LogP contribution in [-0.4, -0.2) is 55.4 Å². The molecule has 0 radical (unpaired) electrons. The Hall–Kier alpha value is -1.60. The van der Waals surface area contributed by atoms with Crippen molar-refractivity contribution in [3.05, 3.63) is 34.9 Å². The highest BCUT2D eigenvalue weighted by atomic mass is 35.5. The van der Waals surface area contributed by atoms with Gasteiger partial charge in [0.05, 0.1) is 22.1 Å². The van der Waals surface area contributed by atoms with Crippen molar-refractivity contribution in [1.29, 1.82) is 0 Å². The molecule has 8 heteroatoms. The Morgan fingerprint density at radius 3 is 2.58 bits per heavy atom. The van der Waals surface area contributed by atoms with Crippen molar-refractivity contribution in [2.75, 3.05) is 18.1 Å². The zero-order chi connectivity index (χ0) is 17.9. The number of ether oxygens (including phenoxy) is 1. The lowest BCUT2D eigenvalue weighted by Gasteiger charge is -2.29. The molecule has 1 amide bonds. The van der Waals surface area contributed by atoms with Gasteiger partial charge in [0, 0.05) is 12.6 Å². The van der Waals surface area contributed by atoms with Gasteiger partial charge in [-0.25, -0.2) is 13.2 Å². The molecular weight excluding hydrogens is 354 g/mol. The third-order valence-corrected chi connectivity index (χ3v) is 6.08. The van der Waals surface area contributed by atoms with Gasteiger partial charge in [-0.05, 0) is 32.4 Å². The number of rotatable bonds is 5. The van der Waals surface area contributed by atoms with Crippen LogP contribution in [-0.2, 0) is 19.4 Å². The Balaban J connectivity index is 2.05. The van der Waals surface area contributed by atoms with E-state index in [0.717, 1.165) is 0 Å². The fourth-order valence-corrected chi connectivity index (χ4v) is 4.69. The average Bonchev–Trinajstić information content (AvgIpc) is 2.88. The second-order valence-corrected chi connectivity index (χ2v) is 8.34. The maximum atomic E-state index is 12.5. The highest BCUT2D eigenvalue weighted by Gasteiger charge is 2.36. The molecule has 6 nitrogen and oxygen atoms in total. The first-order chi connectivity index (χ1) is 11.2. The van der Waals surface area contributed by atoms with Crippen LogP contribution in [0.25, 0.3) is 0 Å². The minimum absolute atomic E-state index is 0.0439. The van der Waals surface area contributed by atoms with Gasteiger partial charge in [-0.2, -0.15) is 0 Å². The highest BCUT2D eigenvalue weighted by Crippen LogP contribution is 2.20. The van der Waals surface area contributed by atoms with Crippen molar-refractivity contribution in [2.24, 2.45) is 0 Å². The number of halogens is 1. The first kappa shape index (κ1) is 18.7. The van der Waals surface area contributed by atoms with Crippen LogP contribution in [0.1, 0.15) is 30.6 Å². The van der Waals surface area contributed by atoms with Gasteiger partial charge in [0.15, 0.2) is 15.9 Å². The molecule has 0 saturated carbocycles. The van der Waals surface area contributed by atoms with Gasteiger partial charge < -0.3 is 9.64 Å². The maximum absolute atomic E-state index is 12.5. The summed E-state index contributed by atoms with van der Waals surface area (Å²) in [5, 5.41) is 0.247. The molecule has 1 aromatic rings. The Morgan fingerprint density at radius 1 is 1.38 bits per heavy atom. The predicted molar refractivity (Wildman–Crippen MR) is 90.8 cm³/mol. The van der Waals surface area contributed by atoms with Gasteiger partial charge in [0.2, 0.25) is 0 Å². The molecule has 2 atom stereocenters. The lowest BCUT2D eigenvalue weighted by molar-refractivity contribution is -0.141. The minimum Gasteiger partial charge on any atom is -0.449 e. The van der Waals surface area contributed by atoms with Crippen LogP contribution in [0, 0.1) is 0 Å². The van der Waals surface area contributed by atoms with Gasteiger partial charge in [-0.3, -0.25) is 4.79 Å². The molecule has 1 aliphatic heterocycles. The quantitative estimate of drug-likeness (QED) is 0.736. The van der Waals surface area contributed by atoms with E-state index in [-0.39, 0.29) is 28.1 Å². The maximum Gasteiger partial charge on any atom is 0.340 e. The number of hydrogen-bond acceptors (Lipinski definition) is 5. The monoisotopic (exact) mass is 373 g/mol. The Labute approximate surface area is 146 Å². The number of sulfone groups is 1. The molecule has 1 aromatic carbocycles. The SMILES string of the molecule is CCN(C(=O)[C@@H](C)OC(=O)c1ccccc1Cl)[C@H]1CCS(=O)(=O)C1. The van der Waals surface area contributed by atoms with E-state index in [1.165, 1.54) is 17.9 Å². The van der Waals surface area contributed by atoms with Gasteiger partial charge in [-0.15, -0.1) is 0 Å². The van der Waals surface area contributed by atoms with E-state index in [9.17, 15) is 18.0 Å². The van der Waals surface area contributed by atoms with Crippen LogP contribution in [0.15, 0.2) is 24.3 Å². The van der Waals surface area contributed by atoms with Crippen LogP contribution in [0.2, 0.25) is 5.02 Å². The van der Waals surface area contributed by atoms with Crippen LogP contribution in [0.3, 0.4) is 0 Å². The fourth-order valence-electron chi connectivity index (χ4n) is 2.75. The van der Waals surface area contributed by atoms with Crippen molar-refractivity contribution in [3.63, 3.8) is 0 Å². The van der Waals surface area contributed by atoms with Crippen LogP contribution >= 0.6 is 11.6 Å². The highest BCUT2D eigenvalue weighted by molar-refractivity contribution is 7.91. The van der Waals surface area contributed by atoms with E-state index in [2.05, 4.69) is 0 Å². The fraction of sp³-hybridized carbons (Fsp3) is 0.500. The molecule has 0 aliphatic carbocycles. The zero-order valence-electron chi connectivity index (χ0n) is 13.6. The lowest BCUT2D eigenvalue weighted by atomic mass is 10.2. The van der Waals surface area contributed by atoms with Gasteiger partial charge in [0.25, 0.3) is 5.91 Å². The summed E-state index contributed by atoms with van der Waals surface area (Å²) in [4.78, 5) is 26.2. The van der Waals surface area contributed by atoms with Gasteiger partial charge >= 0.3 is 5.97 Å². The smallest absolute Gasteiger partial charge is 0.340 e. The second-order valence-electron chi connectivity index (χ2n) is 5.71. The summed E-state index contributed by atoms with van der Waals surface area (Å²) in [5.41, 5.74) is 0.185. The number of carbonyl (C=O) groups excluding carboxylic acids is 2. The van der Waals surface area contributed by atoms with Crippen LogP contribution in [0.4, 0.5) is 0 Å². The van der Waals surface area contributed by atoms with Crippen molar-refractivity contribution in [3.8, 4) is 0 Å². The zero-order valence-corrected chi connectivity index (χ0v) is 15.1. The summed E-state index contributed by atoms with van der Waals surface area (Å²) in [7, 11) is -3.10. The summed E-state index contributed by atoms with van der Waals surface area (Å²) < 4.78 is 28.4. The Morgan fingerprint density at radius 2 is 2.04 bits per heavy atom. The Kier molecular flexibility index (Phi) is 5.87. The lowest BCUT2D eigenvalue weighted by Crippen LogP contribution is -2.46. The van der Waals surface area contributed by atoms with Crippen LogP contribution < -0.4 is 0 Å². The van der Waals surface area contributed by atoms with Crippen molar-refractivity contribution in [2.45, 2.75) is 32.4 Å². The molecule has 24 heavy (non-hydrogen) atoms. The van der Waals surface area contributed by atoms with Crippen LogP contribution in [0.5, 0.6) is 0 Å². The number of hydrogen-bond donors (Lipinski definition) is 0. The first-order valence-corrected chi connectivity index (χ1v) is 9.91. The van der Waals surface area contributed by atoms with E-state index in [4.69, 9.17) is 16.3 Å². The molecule has 1 saturated heterocycles.